The molecule has 0 fully saturated rings. The summed E-state index contributed by atoms with van der Waals surface area (Å²) in [5, 5.41) is 12.8. The third-order valence-corrected chi connectivity index (χ3v) is 4.43. The van der Waals surface area contributed by atoms with Gasteiger partial charge in [0.15, 0.2) is 13.2 Å². The first kappa shape index (κ1) is 28.2. The van der Waals surface area contributed by atoms with Crippen molar-refractivity contribution in [1.29, 1.82) is 5.41 Å². The average molecular weight is 493 g/mol. The maximum atomic E-state index is 12.7. The highest BCUT2D eigenvalue weighted by Gasteiger charge is 2.13. The van der Waals surface area contributed by atoms with Crippen LogP contribution in [0.4, 0.5) is 0 Å². The van der Waals surface area contributed by atoms with Crippen LogP contribution in [0.1, 0.15) is 34.0 Å². The number of nitrogens with two attached hydrogens (primary N) is 1. The van der Waals surface area contributed by atoms with E-state index in [1.165, 1.54) is 13.1 Å². The first-order valence-corrected chi connectivity index (χ1v) is 10.2. The van der Waals surface area contributed by atoms with Crippen molar-refractivity contribution in [2.75, 3.05) is 26.9 Å². The Morgan fingerprint density at radius 3 is 2.41 bits per heavy atom. The van der Waals surface area contributed by atoms with Crippen LogP contribution in [0, 0.1) is 12.3 Å². The number of benzene rings is 2. The predicted molar refractivity (Wildman–Crippen MR) is 129 cm³/mol. The number of carbonyl (C=O) groups is 3. The quantitative estimate of drug-likeness (QED) is 0.211. The van der Waals surface area contributed by atoms with Crippen LogP contribution in [0.5, 0.6) is 11.5 Å². The van der Waals surface area contributed by atoms with Gasteiger partial charge in [-0.05, 0) is 43.7 Å². The van der Waals surface area contributed by atoms with E-state index >= 15 is 0 Å². The van der Waals surface area contributed by atoms with Gasteiger partial charge in [0.05, 0.1) is 6.61 Å². The standard InChI is InChI=1S/C23H28N4O6.ClH/c1-4-31-21(29)13-32-18-8-14(2)7-17(9-18)23(30)27-11-16-6-5-15(22(24)25)10-19(16)33-12-20(28)26-3;/h5-10H,4,11-13H2,1-3H3,(H3,24,25)(H,26,28)(H,27,30);1H. The zero-order valence-electron chi connectivity index (χ0n) is 19.2. The minimum Gasteiger partial charge on any atom is -0.483 e. The molecule has 184 valence electrons. The molecule has 2 amide bonds. The van der Waals surface area contributed by atoms with E-state index < -0.39 is 5.97 Å². The molecule has 0 aliphatic rings. The lowest BCUT2D eigenvalue weighted by atomic mass is 10.1. The van der Waals surface area contributed by atoms with E-state index in [1.54, 1.807) is 44.2 Å². The molecule has 0 aliphatic heterocycles. The van der Waals surface area contributed by atoms with Crippen molar-refractivity contribution < 1.29 is 28.6 Å². The zero-order valence-corrected chi connectivity index (χ0v) is 20.0. The largest absolute Gasteiger partial charge is 0.483 e. The number of nitrogen functional groups attached to an aromatic ring is 1. The van der Waals surface area contributed by atoms with Gasteiger partial charge in [-0.2, -0.15) is 0 Å². The molecule has 0 unspecified atom stereocenters. The van der Waals surface area contributed by atoms with Gasteiger partial charge in [-0.1, -0.05) is 12.1 Å². The summed E-state index contributed by atoms with van der Waals surface area (Å²) >= 11 is 0. The maximum Gasteiger partial charge on any atom is 0.344 e. The minimum absolute atomic E-state index is 0. The molecule has 0 saturated carbocycles. The highest BCUT2D eigenvalue weighted by atomic mass is 35.5. The van der Waals surface area contributed by atoms with Gasteiger partial charge in [0, 0.05) is 30.3 Å². The second-order valence-electron chi connectivity index (χ2n) is 7.01. The van der Waals surface area contributed by atoms with Crippen molar-refractivity contribution in [2.45, 2.75) is 20.4 Å². The van der Waals surface area contributed by atoms with Gasteiger partial charge in [-0.25, -0.2) is 4.79 Å². The van der Waals surface area contributed by atoms with Crippen molar-refractivity contribution in [3.05, 3.63) is 58.7 Å². The lowest BCUT2D eigenvalue weighted by Crippen LogP contribution is -2.26. The summed E-state index contributed by atoms with van der Waals surface area (Å²) in [7, 11) is 1.49. The maximum absolute atomic E-state index is 12.7. The number of esters is 1. The molecule has 0 aromatic heterocycles. The summed E-state index contributed by atoms with van der Waals surface area (Å²) in [5.74, 6) is -0.641. The summed E-state index contributed by atoms with van der Waals surface area (Å²) in [4.78, 5) is 35.8. The summed E-state index contributed by atoms with van der Waals surface area (Å²) in [6, 6.07) is 9.77. The Balaban J connectivity index is 0.00000578. The van der Waals surface area contributed by atoms with Crippen molar-refractivity contribution >= 4 is 36.0 Å². The molecule has 0 aliphatic carbocycles. The summed E-state index contributed by atoms with van der Waals surface area (Å²) < 4.78 is 15.8. The normalized spacial score (nSPS) is 9.85. The van der Waals surface area contributed by atoms with Crippen molar-refractivity contribution in [3.63, 3.8) is 0 Å². The Hall–Kier alpha value is -3.79. The molecular weight excluding hydrogens is 464 g/mol. The van der Waals surface area contributed by atoms with E-state index in [1.807, 2.05) is 0 Å². The van der Waals surface area contributed by atoms with Gasteiger partial charge in [0.25, 0.3) is 11.8 Å². The number of ether oxygens (including phenoxy) is 3. The van der Waals surface area contributed by atoms with E-state index in [0.29, 0.717) is 28.2 Å². The fourth-order valence-electron chi connectivity index (χ4n) is 2.80. The lowest BCUT2D eigenvalue weighted by Gasteiger charge is -2.14. The number of likely N-dealkylation sites (N-methyl/N-ethyl adjacent to an activating group) is 1. The Kier molecular flexibility index (Phi) is 11.4. The minimum atomic E-state index is -0.497. The van der Waals surface area contributed by atoms with Gasteiger partial charge in [-0.3, -0.25) is 15.0 Å². The van der Waals surface area contributed by atoms with Crippen LogP contribution in [0.2, 0.25) is 0 Å². The molecule has 0 spiro atoms. The van der Waals surface area contributed by atoms with Crippen molar-refractivity contribution in [3.8, 4) is 11.5 Å². The molecule has 0 heterocycles. The van der Waals surface area contributed by atoms with E-state index in [-0.39, 0.29) is 56.4 Å². The molecular formula is C23H29ClN4O6. The Bertz CT molecular complexity index is 1040. The zero-order chi connectivity index (χ0) is 24.4. The second-order valence-corrected chi connectivity index (χ2v) is 7.01. The molecule has 0 bridgehead atoms. The topological polar surface area (TPSA) is 153 Å². The van der Waals surface area contributed by atoms with Gasteiger partial charge in [0.2, 0.25) is 0 Å². The monoisotopic (exact) mass is 492 g/mol. The molecule has 11 heteroatoms. The molecule has 2 aromatic carbocycles. The number of amidine groups is 1. The number of hydrogen-bond acceptors (Lipinski definition) is 7. The number of nitrogens with one attached hydrogen (secondary N) is 3. The van der Waals surface area contributed by atoms with Crippen LogP contribution >= 0.6 is 12.4 Å². The molecule has 34 heavy (non-hydrogen) atoms. The number of rotatable bonds is 11. The fourth-order valence-corrected chi connectivity index (χ4v) is 2.80. The van der Waals surface area contributed by atoms with Crippen LogP contribution in [0.3, 0.4) is 0 Å². The van der Waals surface area contributed by atoms with Crippen LogP contribution in [-0.4, -0.2) is 50.5 Å². The van der Waals surface area contributed by atoms with Crippen LogP contribution in [-0.2, 0) is 20.9 Å². The van der Waals surface area contributed by atoms with E-state index in [2.05, 4.69) is 10.6 Å². The van der Waals surface area contributed by atoms with Gasteiger partial charge in [-0.15, -0.1) is 12.4 Å². The van der Waals surface area contributed by atoms with Crippen LogP contribution < -0.4 is 25.8 Å². The summed E-state index contributed by atoms with van der Waals surface area (Å²) in [6.07, 6.45) is 0. The van der Waals surface area contributed by atoms with Gasteiger partial charge >= 0.3 is 5.97 Å². The smallest absolute Gasteiger partial charge is 0.344 e. The molecule has 2 aromatic rings. The molecule has 0 saturated heterocycles. The second kappa shape index (κ2) is 13.7. The lowest BCUT2D eigenvalue weighted by molar-refractivity contribution is -0.145. The Labute approximate surface area is 204 Å². The number of halogens is 1. The van der Waals surface area contributed by atoms with Crippen molar-refractivity contribution in [1.82, 2.24) is 10.6 Å². The molecule has 5 N–H and O–H groups in total. The summed E-state index contributed by atoms with van der Waals surface area (Å²) in [6.45, 7) is 3.39. The Morgan fingerprint density at radius 2 is 1.76 bits per heavy atom. The number of amides is 2. The first-order valence-electron chi connectivity index (χ1n) is 10.2. The number of aryl methyl sites for hydroxylation is 1. The SMILES string of the molecule is CCOC(=O)COc1cc(C)cc(C(=O)NCc2ccc(C(=N)N)cc2OCC(=O)NC)c1.Cl. The van der Waals surface area contributed by atoms with E-state index in [4.69, 9.17) is 25.4 Å². The van der Waals surface area contributed by atoms with Gasteiger partial charge < -0.3 is 30.6 Å². The molecule has 0 radical (unpaired) electrons. The van der Waals surface area contributed by atoms with Crippen LogP contribution in [0.25, 0.3) is 0 Å². The highest BCUT2D eigenvalue weighted by Crippen LogP contribution is 2.22. The van der Waals surface area contributed by atoms with Crippen LogP contribution in [0.15, 0.2) is 36.4 Å². The van der Waals surface area contributed by atoms with E-state index in [9.17, 15) is 14.4 Å². The van der Waals surface area contributed by atoms with Gasteiger partial charge in [0.1, 0.15) is 17.3 Å². The molecule has 0 atom stereocenters. The summed E-state index contributed by atoms with van der Waals surface area (Å²) in [5.41, 5.74) is 7.70. The number of hydrogen-bond donors (Lipinski definition) is 4. The third-order valence-electron chi connectivity index (χ3n) is 4.43. The number of carbonyl (C=O) groups excluding carboxylic acids is 3. The third kappa shape index (κ3) is 8.62. The first-order chi connectivity index (χ1) is 15.7. The van der Waals surface area contributed by atoms with Crippen molar-refractivity contribution in [2.24, 2.45) is 5.73 Å². The average Bonchev–Trinajstić information content (AvgIpc) is 2.79. The Morgan fingerprint density at radius 1 is 1.03 bits per heavy atom. The molecule has 2 rings (SSSR count). The van der Waals surface area contributed by atoms with E-state index in [0.717, 1.165) is 5.56 Å². The fraction of sp³-hybridized carbons (Fsp3) is 0.304. The predicted octanol–water partition coefficient (Wildman–Crippen LogP) is 1.70. The highest BCUT2D eigenvalue weighted by molar-refractivity contribution is 5.96. The molecule has 10 nitrogen and oxygen atoms in total.